The molecule has 0 radical (unpaired) electrons. The van der Waals surface area contributed by atoms with E-state index in [1.165, 1.54) is 11.3 Å². The predicted octanol–water partition coefficient (Wildman–Crippen LogP) is 2.66. The van der Waals surface area contributed by atoms with Crippen LogP contribution in [0.2, 0.25) is 0 Å². The van der Waals surface area contributed by atoms with E-state index in [1.807, 2.05) is 13.8 Å². The highest BCUT2D eigenvalue weighted by molar-refractivity contribution is 5.68. The largest absolute Gasteiger partial charge is 0.447 e. The molecule has 1 aliphatic rings. The fourth-order valence-electron chi connectivity index (χ4n) is 2.25. The summed E-state index contributed by atoms with van der Waals surface area (Å²) in [6.07, 6.45) is -0.249. The van der Waals surface area contributed by atoms with Gasteiger partial charge < -0.3 is 14.5 Å². The molecule has 19 heavy (non-hydrogen) atoms. The van der Waals surface area contributed by atoms with Gasteiger partial charge in [0.25, 0.3) is 0 Å². The van der Waals surface area contributed by atoms with Crippen molar-refractivity contribution in [3.63, 3.8) is 0 Å². The van der Waals surface area contributed by atoms with Crippen LogP contribution in [-0.4, -0.2) is 43.3 Å². The Kier molecular flexibility index (Phi) is 4.30. The van der Waals surface area contributed by atoms with Gasteiger partial charge in [-0.3, -0.25) is 0 Å². The zero-order chi connectivity index (χ0) is 13.8. The van der Waals surface area contributed by atoms with Gasteiger partial charge in [0.05, 0.1) is 6.10 Å². The minimum absolute atomic E-state index is 0.0534. The summed E-state index contributed by atoms with van der Waals surface area (Å²) in [7, 11) is 0. The van der Waals surface area contributed by atoms with Crippen molar-refractivity contribution in [2.75, 3.05) is 31.1 Å². The fraction of sp³-hybridized carbons (Fsp3) is 0.533. The smallest absolute Gasteiger partial charge is 0.410 e. The van der Waals surface area contributed by atoms with Crippen LogP contribution in [0.5, 0.6) is 0 Å². The van der Waals surface area contributed by atoms with Gasteiger partial charge in [0.1, 0.15) is 0 Å². The van der Waals surface area contributed by atoms with E-state index in [-0.39, 0.29) is 12.2 Å². The molecule has 0 saturated carbocycles. The Hall–Kier alpha value is -1.71. The number of carbonyl (C=O) groups is 1. The van der Waals surface area contributed by atoms with Crippen LogP contribution in [0.3, 0.4) is 0 Å². The molecule has 0 aliphatic carbocycles. The highest BCUT2D eigenvalue weighted by Gasteiger charge is 2.22. The molecule has 0 N–H and O–H groups in total. The number of hydrogen-bond acceptors (Lipinski definition) is 3. The number of carbonyl (C=O) groups excluding carboxylic acids is 1. The van der Waals surface area contributed by atoms with Crippen molar-refractivity contribution < 1.29 is 9.53 Å². The van der Waals surface area contributed by atoms with Crippen molar-refractivity contribution in [3.8, 4) is 0 Å². The summed E-state index contributed by atoms with van der Waals surface area (Å²) in [4.78, 5) is 15.9. The van der Waals surface area contributed by atoms with Crippen molar-refractivity contribution in [2.45, 2.75) is 26.9 Å². The van der Waals surface area contributed by atoms with Crippen LogP contribution >= 0.6 is 0 Å². The van der Waals surface area contributed by atoms with Crippen molar-refractivity contribution in [3.05, 3.63) is 29.8 Å². The molecular formula is C15H22N2O2. The normalized spacial score (nSPS) is 15.8. The first-order valence-electron chi connectivity index (χ1n) is 6.83. The van der Waals surface area contributed by atoms with Crippen LogP contribution in [-0.2, 0) is 4.74 Å². The molecule has 1 heterocycles. The molecule has 2 rings (SSSR count). The second kappa shape index (κ2) is 5.95. The van der Waals surface area contributed by atoms with Gasteiger partial charge in [-0.2, -0.15) is 0 Å². The molecule has 4 heteroatoms. The van der Waals surface area contributed by atoms with E-state index in [0.29, 0.717) is 0 Å². The first kappa shape index (κ1) is 13.7. The summed E-state index contributed by atoms with van der Waals surface area (Å²) >= 11 is 0. The summed E-state index contributed by atoms with van der Waals surface area (Å²) in [6.45, 7) is 9.01. The minimum atomic E-state index is -0.195. The highest BCUT2D eigenvalue weighted by Crippen LogP contribution is 2.18. The Morgan fingerprint density at radius 1 is 1.21 bits per heavy atom. The number of anilines is 1. The van der Waals surface area contributed by atoms with Crippen molar-refractivity contribution in [2.24, 2.45) is 0 Å². The Balaban J connectivity index is 1.90. The van der Waals surface area contributed by atoms with E-state index in [4.69, 9.17) is 4.74 Å². The van der Waals surface area contributed by atoms with Crippen LogP contribution in [0.4, 0.5) is 10.5 Å². The number of benzene rings is 1. The van der Waals surface area contributed by atoms with Gasteiger partial charge in [-0.25, -0.2) is 4.79 Å². The van der Waals surface area contributed by atoms with E-state index in [9.17, 15) is 4.79 Å². The number of amides is 1. The lowest BCUT2D eigenvalue weighted by Crippen LogP contribution is -2.49. The Morgan fingerprint density at radius 3 is 2.47 bits per heavy atom. The lowest BCUT2D eigenvalue weighted by Gasteiger charge is -2.35. The first-order valence-corrected chi connectivity index (χ1v) is 6.83. The molecule has 1 aromatic carbocycles. The van der Waals surface area contributed by atoms with Crippen molar-refractivity contribution >= 4 is 11.8 Å². The standard InChI is InChI=1S/C15H22N2O2/c1-12(2)19-15(18)17-9-7-16(8-10-17)14-6-4-5-13(3)11-14/h4-6,11-12H,7-10H2,1-3H3. The Morgan fingerprint density at radius 2 is 1.89 bits per heavy atom. The van der Waals surface area contributed by atoms with Crippen molar-refractivity contribution in [1.82, 2.24) is 4.90 Å². The second-order valence-corrected chi connectivity index (χ2v) is 5.25. The molecule has 1 saturated heterocycles. The Labute approximate surface area is 115 Å². The molecule has 0 spiro atoms. The third-order valence-electron chi connectivity index (χ3n) is 3.24. The SMILES string of the molecule is Cc1cccc(N2CCN(C(=O)OC(C)C)CC2)c1. The zero-order valence-electron chi connectivity index (χ0n) is 11.9. The van der Waals surface area contributed by atoms with Gasteiger partial charge >= 0.3 is 6.09 Å². The summed E-state index contributed by atoms with van der Waals surface area (Å²) < 4.78 is 5.22. The van der Waals surface area contributed by atoms with Crippen LogP contribution in [0, 0.1) is 6.92 Å². The maximum Gasteiger partial charge on any atom is 0.410 e. The van der Waals surface area contributed by atoms with E-state index in [2.05, 4.69) is 36.1 Å². The molecule has 0 aromatic heterocycles. The van der Waals surface area contributed by atoms with Gasteiger partial charge in [-0.05, 0) is 38.5 Å². The van der Waals surface area contributed by atoms with E-state index >= 15 is 0 Å². The zero-order valence-corrected chi connectivity index (χ0v) is 11.9. The van der Waals surface area contributed by atoms with Crippen molar-refractivity contribution in [1.29, 1.82) is 0 Å². The maximum atomic E-state index is 11.8. The van der Waals surface area contributed by atoms with Crippen LogP contribution in [0.1, 0.15) is 19.4 Å². The van der Waals surface area contributed by atoms with Gasteiger partial charge in [0.15, 0.2) is 0 Å². The molecule has 1 fully saturated rings. The summed E-state index contributed by atoms with van der Waals surface area (Å²) in [6, 6.07) is 8.47. The minimum Gasteiger partial charge on any atom is -0.447 e. The highest BCUT2D eigenvalue weighted by atomic mass is 16.6. The molecule has 0 unspecified atom stereocenters. The fourth-order valence-corrected chi connectivity index (χ4v) is 2.25. The van der Waals surface area contributed by atoms with Gasteiger partial charge in [0, 0.05) is 31.9 Å². The number of aryl methyl sites for hydroxylation is 1. The summed E-state index contributed by atoms with van der Waals surface area (Å²) in [5.41, 5.74) is 2.50. The second-order valence-electron chi connectivity index (χ2n) is 5.25. The average Bonchev–Trinajstić information content (AvgIpc) is 2.38. The number of hydrogen-bond donors (Lipinski definition) is 0. The third-order valence-corrected chi connectivity index (χ3v) is 3.24. The van der Waals surface area contributed by atoms with Crippen LogP contribution in [0.25, 0.3) is 0 Å². The summed E-state index contributed by atoms with van der Waals surface area (Å²) in [5.74, 6) is 0. The molecule has 104 valence electrons. The Bertz CT molecular complexity index is 438. The number of piperazine rings is 1. The van der Waals surface area contributed by atoms with Gasteiger partial charge in [0.2, 0.25) is 0 Å². The molecule has 0 bridgehead atoms. The molecule has 1 amide bonds. The third kappa shape index (κ3) is 3.63. The number of ether oxygens (including phenoxy) is 1. The number of nitrogens with zero attached hydrogens (tertiary/aromatic N) is 2. The topological polar surface area (TPSA) is 32.8 Å². The molecule has 4 nitrogen and oxygen atoms in total. The average molecular weight is 262 g/mol. The lowest BCUT2D eigenvalue weighted by molar-refractivity contribution is 0.0751. The number of rotatable bonds is 2. The van der Waals surface area contributed by atoms with Crippen LogP contribution in [0.15, 0.2) is 24.3 Å². The molecule has 0 atom stereocenters. The first-order chi connectivity index (χ1) is 9.06. The van der Waals surface area contributed by atoms with E-state index in [1.54, 1.807) is 4.90 Å². The van der Waals surface area contributed by atoms with Gasteiger partial charge in [-0.15, -0.1) is 0 Å². The summed E-state index contributed by atoms with van der Waals surface area (Å²) in [5, 5.41) is 0. The van der Waals surface area contributed by atoms with E-state index < -0.39 is 0 Å². The predicted molar refractivity (Wildman–Crippen MR) is 76.6 cm³/mol. The molecular weight excluding hydrogens is 240 g/mol. The van der Waals surface area contributed by atoms with Crippen LogP contribution < -0.4 is 4.90 Å². The van der Waals surface area contributed by atoms with Gasteiger partial charge in [-0.1, -0.05) is 12.1 Å². The maximum absolute atomic E-state index is 11.8. The lowest BCUT2D eigenvalue weighted by atomic mass is 10.2. The quantitative estimate of drug-likeness (QED) is 0.821. The monoisotopic (exact) mass is 262 g/mol. The van der Waals surface area contributed by atoms with E-state index in [0.717, 1.165) is 26.2 Å². The molecule has 1 aliphatic heterocycles. The molecule has 1 aromatic rings.